The quantitative estimate of drug-likeness (QED) is 0.330. The number of hydrogen-bond donors (Lipinski definition) is 3. The number of rotatable bonds is 8. The van der Waals surface area contributed by atoms with Crippen molar-refractivity contribution in [3.8, 4) is 5.75 Å². The Labute approximate surface area is 186 Å². The smallest absolute Gasteiger partial charge is 0.329 e. The van der Waals surface area contributed by atoms with Crippen LogP contribution in [0.25, 0.3) is 0 Å². The number of pyridine rings is 1. The molecule has 0 aliphatic heterocycles. The molecule has 0 spiro atoms. The molecule has 1 heterocycles. The molecule has 1 aliphatic carbocycles. The molecule has 1 fully saturated rings. The molecule has 0 atom stereocenters. The first kappa shape index (κ1) is 22.9. The molecular formula is C23H27N5O4. The molecule has 3 rings (SSSR count). The Kier molecular flexibility index (Phi) is 8.73. The van der Waals surface area contributed by atoms with Crippen LogP contribution in [0.3, 0.4) is 0 Å². The van der Waals surface area contributed by atoms with Gasteiger partial charge in [-0.05, 0) is 54.3 Å². The van der Waals surface area contributed by atoms with Crippen LogP contribution in [0.5, 0.6) is 5.75 Å². The molecule has 1 aromatic carbocycles. The van der Waals surface area contributed by atoms with Crippen LogP contribution in [0.1, 0.15) is 43.2 Å². The molecule has 3 N–H and O–H groups in total. The highest BCUT2D eigenvalue weighted by molar-refractivity contribution is 6.35. The van der Waals surface area contributed by atoms with E-state index in [4.69, 9.17) is 4.74 Å². The van der Waals surface area contributed by atoms with Gasteiger partial charge in [0, 0.05) is 25.0 Å². The van der Waals surface area contributed by atoms with Crippen LogP contribution in [0, 0.1) is 0 Å². The van der Waals surface area contributed by atoms with Crippen LogP contribution in [0.2, 0.25) is 0 Å². The average molecular weight is 438 g/mol. The monoisotopic (exact) mass is 437 g/mol. The average Bonchev–Trinajstić information content (AvgIpc) is 2.83. The van der Waals surface area contributed by atoms with Gasteiger partial charge in [0.05, 0.1) is 6.21 Å². The first-order valence-electron chi connectivity index (χ1n) is 10.6. The second kappa shape index (κ2) is 12.2. The molecule has 3 amide bonds. The van der Waals surface area contributed by atoms with E-state index in [0.717, 1.165) is 31.2 Å². The van der Waals surface area contributed by atoms with Gasteiger partial charge in [0.2, 0.25) is 0 Å². The van der Waals surface area contributed by atoms with Gasteiger partial charge >= 0.3 is 11.8 Å². The van der Waals surface area contributed by atoms with Crippen molar-refractivity contribution in [3.63, 3.8) is 0 Å². The second-order valence-electron chi connectivity index (χ2n) is 7.50. The molecular weight excluding hydrogens is 410 g/mol. The normalized spacial score (nSPS) is 14.0. The van der Waals surface area contributed by atoms with Crippen LogP contribution < -0.4 is 20.8 Å². The second-order valence-corrected chi connectivity index (χ2v) is 7.50. The highest BCUT2D eigenvalue weighted by Gasteiger charge is 2.16. The summed E-state index contributed by atoms with van der Waals surface area (Å²) < 4.78 is 5.52. The summed E-state index contributed by atoms with van der Waals surface area (Å²) in [5, 5.41) is 9.28. The van der Waals surface area contributed by atoms with Crippen molar-refractivity contribution in [2.24, 2.45) is 5.10 Å². The van der Waals surface area contributed by atoms with Crippen LogP contribution in [0.4, 0.5) is 0 Å². The number of carbonyl (C=O) groups excluding carboxylic acids is 3. The van der Waals surface area contributed by atoms with Crippen LogP contribution in [0.15, 0.2) is 53.9 Å². The lowest BCUT2D eigenvalue weighted by atomic mass is 9.95. The summed E-state index contributed by atoms with van der Waals surface area (Å²) in [5.74, 6) is -1.22. The maximum absolute atomic E-state index is 12.0. The SMILES string of the molecule is O=C(COc1ccc(/C=N\NC(=O)C(=O)NCc2cccnc2)cc1)NC1CCCCC1. The summed E-state index contributed by atoms with van der Waals surface area (Å²) in [7, 11) is 0. The summed E-state index contributed by atoms with van der Waals surface area (Å²) >= 11 is 0. The number of carbonyl (C=O) groups is 3. The van der Waals surface area contributed by atoms with Gasteiger partial charge in [-0.25, -0.2) is 5.43 Å². The molecule has 2 aromatic rings. The molecule has 168 valence electrons. The van der Waals surface area contributed by atoms with E-state index < -0.39 is 11.8 Å². The third kappa shape index (κ3) is 7.82. The Balaban J connectivity index is 1.36. The van der Waals surface area contributed by atoms with Gasteiger partial charge in [0.1, 0.15) is 5.75 Å². The lowest BCUT2D eigenvalue weighted by molar-refractivity contribution is -0.139. The van der Waals surface area contributed by atoms with Gasteiger partial charge in [-0.1, -0.05) is 25.3 Å². The molecule has 0 bridgehead atoms. The third-order valence-corrected chi connectivity index (χ3v) is 4.98. The number of aromatic nitrogens is 1. The van der Waals surface area contributed by atoms with E-state index in [0.29, 0.717) is 11.3 Å². The minimum absolute atomic E-state index is 0.0336. The van der Waals surface area contributed by atoms with Crippen LogP contribution in [-0.2, 0) is 20.9 Å². The number of nitrogens with one attached hydrogen (secondary N) is 3. The van der Waals surface area contributed by atoms with E-state index in [-0.39, 0.29) is 25.1 Å². The molecule has 1 aromatic heterocycles. The van der Waals surface area contributed by atoms with E-state index in [2.05, 4.69) is 26.1 Å². The van der Waals surface area contributed by atoms with Crippen LogP contribution >= 0.6 is 0 Å². The predicted molar refractivity (Wildman–Crippen MR) is 119 cm³/mol. The van der Waals surface area contributed by atoms with Crippen molar-refractivity contribution in [1.29, 1.82) is 0 Å². The summed E-state index contributed by atoms with van der Waals surface area (Å²) in [6.45, 7) is 0.165. The van der Waals surface area contributed by atoms with E-state index in [1.54, 1.807) is 48.8 Å². The number of nitrogens with zero attached hydrogens (tertiary/aromatic N) is 2. The fraction of sp³-hybridized carbons (Fsp3) is 0.348. The fourth-order valence-electron chi connectivity index (χ4n) is 3.30. The molecule has 32 heavy (non-hydrogen) atoms. The van der Waals surface area contributed by atoms with Gasteiger partial charge in [0.25, 0.3) is 5.91 Å². The Morgan fingerprint density at radius 3 is 2.56 bits per heavy atom. The lowest BCUT2D eigenvalue weighted by Crippen LogP contribution is -2.38. The van der Waals surface area contributed by atoms with Gasteiger partial charge in [-0.3, -0.25) is 19.4 Å². The summed E-state index contributed by atoms with van der Waals surface area (Å²) in [5.41, 5.74) is 3.66. The molecule has 1 aliphatic rings. The number of amides is 3. The van der Waals surface area contributed by atoms with Crippen LogP contribution in [-0.4, -0.2) is 41.6 Å². The predicted octanol–water partition coefficient (Wildman–Crippen LogP) is 1.68. The van der Waals surface area contributed by atoms with Gasteiger partial charge in [-0.15, -0.1) is 0 Å². The van der Waals surface area contributed by atoms with Gasteiger partial charge < -0.3 is 15.4 Å². The first-order valence-corrected chi connectivity index (χ1v) is 10.6. The number of hydrazone groups is 1. The minimum atomic E-state index is -0.867. The minimum Gasteiger partial charge on any atom is -0.484 e. The Hall–Kier alpha value is -3.75. The Bertz CT molecular complexity index is 925. The highest BCUT2D eigenvalue weighted by Crippen LogP contribution is 2.17. The van der Waals surface area contributed by atoms with Gasteiger partial charge in [-0.2, -0.15) is 5.10 Å². The fourth-order valence-corrected chi connectivity index (χ4v) is 3.30. The Morgan fingerprint density at radius 2 is 1.84 bits per heavy atom. The molecule has 0 saturated heterocycles. The van der Waals surface area contributed by atoms with E-state index in [9.17, 15) is 14.4 Å². The maximum Gasteiger partial charge on any atom is 0.329 e. The number of benzene rings is 1. The van der Waals surface area contributed by atoms with Crippen molar-refractivity contribution in [3.05, 3.63) is 59.9 Å². The third-order valence-electron chi connectivity index (χ3n) is 4.98. The Morgan fingerprint density at radius 1 is 1.06 bits per heavy atom. The summed E-state index contributed by atoms with van der Waals surface area (Å²) in [6, 6.07) is 10.7. The zero-order chi connectivity index (χ0) is 22.6. The van der Waals surface area contributed by atoms with Crippen molar-refractivity contribution >= 4 is 23.9 Å². The first-order chi connectivity index (χ1) is 15.6. The lowest BCUT2D eigenvalue weighted by Gasteiger charge is -2.22. The topological polar surface area (TPSA) is 122 Å². The van der Waals surface area contributed by atoms with E-state index in [1.165, 1.54) is 12.6 Å². The highest BCUT2D eigenvalue weighted by atomic mass is 16.5. The van der Waals surface area contributed by atoms with E-state index in [1.807, 2.05) is 0 Å². The number of hydrogen-bond acceptors (Lipinski definition) is 6. The summed E-state index contributed by atoms with van der Waals surface area (Å²) in [4.78, 5) is 39.5. The molecule has 1 saturated carbocycles. The zero-order valence-electron chi connectivity index (χ0n) is 17.8. The largest absolute Gasteiger partial charge is 0.484 e. The van der Waals surface area contributed by atoms with Crippen molar-refractivity contribution in [2.45, 2.75) is 44.7 Å². The maximum atomic E-state index is 12.0. The molecule has 9 nitrogen and oxygen atoms in total. The van der Waals surface area contributed by atoms with E-state index >= 15 is 0 Å². The molecule has 9 heteroatoms. The van der Waals surface area contributed by atoms with Crippen molar-refractivity contribution < 1.29 is 19.1 Å². The standard InChI is InChI=1S/C23H27N5O4/c29-21(27-19-6-2-1-3-7-19)16-32-20-10-8-17(9-11-20)15-26-28-23(31)22(30)25-14-18-5-4-12-24-13-18/h4-5,8-13,15,19H,1-3,6-7,14,16H2,(H,25,30)(H,27,29)(H,28,31)/b26-15-. The van der Waals surface area contributed by atoms with Crippen molar-refractivity contribution in [1.82, 2.24) is 21.0 Å². The van der Waals surface area contributed by atoms with Gasteiger partial charge in [0.15, 0.2) is 6.61 Å². The molecule has 0 unspecified atom stereocenters. The van der Waals surface area contributed by atoms with Crippen molar-refractivity contribution in [2.75, 3.05) is 6.61 Å². The zero-order valence-corrected chi connectivity index (χ0v) is 17.8. The molecule has 0 radical (unpaired) electrons. The number of ether oxygens (including phenoxy) is 1. The summed E-state index contributed by atoms with van der Waals surface area (Å²) in [6.07, 6.45) is 10.3.